The van der Waals surface area contributed by atoms with Gasteiger partial charge < -0.3 is 5.11 Å². The van der Waals surface area contributed by atoms with Gasteiger partial charge in [0.25, 0.3) is 0 Å². The summed E-state index contributed by atoms with van der Waals surface area (Å²) in [5, 5.41) is 9.07. The Hall–Kier alpha value is -2.13. The summed E-state index contributed by atoms with van der Waals surface area (Å²) in [5.74, 6) is 1.01. The van der Waals surface area contributed by atoms with E-state index in [1.54, 1.807) is 0 Å². The SMILES string of the molecule is Cc1cccc(-n2c(CCCO)nc3ccccc32)c1. The Morgan fingerprint density at radius 2 is 1.95 bits per heavy atom. The highest BCUT2D eigenvalue weighted by Gasteiger charge is 2.11. The second-order valence-electron chi connectivity index (χ2n) is 5.02. The van der Waals surface area contributed by atoms with Crippen LogP contribution in [0.3, 0.4) is 0 Å². The average Bonchev–Trinajstić information content (AvgIpc) is 2.83. The van der Waals surface area contributed by atoms with Crippen molar-refractivity contribution in [2.45, 2.75) is 19.8 Å². The topological polar surface area (TPSA) is 38.0 Å². The van der Waals surface area contributed by atoms with Crippen molar-refractivity contribution in [3.63, 3.8) is 0 Å². The molecule has 0 atom stereocenters. The number of hydrogen-bond acceptors (Lipinski definition) is 2. The van der Waals surface area contributed by atoms with Gasteiger partial charge in [-0.25, -0.2) is 4.98 Å². The smallest absolute Gasteiger partial charge is 0.114 e. The number of aromatic nitrogens is 2. The number of fused-ring (bicyclic) bond motifs is 1. The van der Waals surface area contributed by atoms with Crippen molar-refractivity contribution < 1.29 is 5.11 Å². The van der Waals surface area contributed by atoms with Crippen LogP contribution < -0.4 is 0 Å². The van der Waals surface area contributed by atoms with Crippen LogP contribution in [0, 0.1) is 6.92 Å². The molecular weight excluding hydrogens is 248 g/mol. The predicted octanol–water partition coefficient (Wildman–Crippen LogP) is 3.26. The molecule has 1 N–H and O–H groups in total. The molecule has 0 aliphatic rings. The average molecular weight is 266 g/mol. The number of nitrogens with zero attached hydrogens (tertiary/aromatic N) is 2. The first kappa shape index (κ1) is 12.9. The van der Waals surface area contributed by atoms with E-state index >= 15 is 0 Å². The van der Waals surface area contributed by atoms with E-state index in [0.717, 1.165) is 35.4 Å². The molecule has 1 heterocycles. The number of para-hydroxylation sites is 2. The van der Waals surface area contributed by atoms with E-state index < -0.39 is 0 Å². The zero-order valence-electron chi connectivity index (χ0n) is 11.6. The molecule has 0 spiro atoms. The standard InChI is InChI=1S/C17H18N2O/c1-13-6-4-7-14(12-13)19-16-9-3-2-8-15(16)18-17(19)10-5-11-20/h2-4,6-9,12,20H,5,10-11H2,1H3. The number of aliphatic hydroxyl groups excluding tert-OH is 1. The molecule has 0 radical (unpaired) electrons. The van der Waals surface area contributed by atoms with Gasteiger partial charge >= 0.3 is 0 Å². The number of aliphatic hydroxyl groups is 1. The summed E-state index contributed by atoms with van der Waals surface area (Å²) >= 11 is 0. The molecule has 3 heteroatoms. The number of imidazole rings is 1. The largest absolute Gasteiger partial charge is 0.396 e. The Morgan fingerprint density at radius 1 is 1.10 bits per heavy atom. The van der Waals surface area contributed by atoms with Crippen LogP contribution in [0.5, 0.6) is 0 Å². The van der Waals surface area contributed by atoms with Gasteiger partial charge in [0.15, 0.2) is 0 Å². The molecule has 1 aromatic heterocycles. The third-order valence-electron chi connectivity index (χ3n) is 3.45. The van der Waals surface area contributed by atoms with E-state index in [-0.39, 0.29) is 6.61 Å². The van der Waals surface area contributed by atoms with Crippen LogP contribution in [0.4, 0.5) is 0 Å². The zero-order chi connectivity index (χ0) is 13.9. The van der Waals surface area contributed by atoms with Crippen molar-refractivity contribution in [2.75, 3.05) is 6.61 Å². The first-order valence-electron chi connectivity index (χ1n) is 6.94. The minimum absolute atomic E-state index is 0.191. The molecule has 0 unspecified atom stereocenters. The molecule has 0 fully saturated rings. The first-order valence-corrected chi connectivity index (χ1v) is 6.94. The van der Waals surface area contributed by atoms with Gasteiger partial charge in [-0.3, -0.25) is 4.57 Å². The van der Waals surface area contributed by atoms with Gasteiger partial charge in [0.2, 0.25) is 0 Å². The summed E-state index contributed by atoms with van der Waals surface area (Å²) in [4.78, 5) is 4.71. The van der Waals surface area contributed by atoms with Crippen LogP contribution in [0.25, 0.3) is 16.7 Å². The van der Waals surface area contributed by atoms with E-state index in [4.69, 9.17) is 10.1 Å². The molecule has 2 aromatic carbocycles. The normalized spacial score (nSPS) is 11.1. The van der Waals surface area contributed by atoms with Crippen LogP contribution in [-0.2, 0) is 6.42 Å². The monoisotopic (exact) mass is 266 g/mol. The maximum atomic E-state index is 9.07. The molecule has 0 saturated heterocycles. The van der Waals surface area contributed by atoms with E-state index in [1.165, 1.54) is 5.56 Å². The van der Waals surface area contributed by atoms with Crippen LogP contribution in [0.15, 0.2) is 48.5 Å². The maximum absolute atomic E-state index is 9.07. The Labute approximate surface area is 118 Å². The lowest BCUT2D eigenvalue weighted by atomic mass is 10.2. The Balaban J connectivity index is 2.20. The summed E-state index contributed by atoms with van der Waals surface area (Å²) in [6.07, 6.45) is 1.51. The highest BCUT2D eigenvalue weighted by Crippen LogP contribution is 2.22. The van der Waals surface area contributed by atoms with E-state index in [1.807, 2.05) is 18.2 Å². The summed E-state index contributed by atoms with van der Waals surface area (Å²) in [6, 6.07) is 16.6. The number of benzene rings is 2. The van der Waals surface area contributed by atoms with Crippen molar-refractivity contribution in [3.8, 4) is 5.69 Å². The Morgan fingerprint density at radius 3 is 2.75 bits per heavy atom. The highest BCUT2D eigenvalue weighted by molar-refractivity contribution is 5.78. The molecule has 102 valence electrons. The summed E-state index contributed by atoms with van der Waals surface area (Å²) in [7, 11) is 0. The lowest BCUT2D eigenvalue weighted by Gasteiger charge is -2.09. The first-order chi connectivity index (χ1) is 9.79. The van der Waals surface area contributed by atoms with Crippen molar-refractivity contribution in [3.05, 3.63) is 59.9 Å². The molecule has 0 saturated carbocycles. The van der Waals surface area contributed by atoms with Crippen molar-refractivity contribution >= 4 is 11.0 Å². The fourth-order valence-corrected chi connectivity index (χ4v) is 2.54. The summed E-state index contributed by atoms with van der Waals surface area (Å²) in [5.41, 5.74) is 4.48. The lowest BCUT2D eigenvalue weighted by Crippen LogP contribution is -2.02. The Bertz CT molecular complexity index is 731. The van der Waals surface area contributed by atoms with Crippen molar-refractivity contribution in [1.29, 1.82) is 0 Å². The lowest BCUT2D eigenvalue weighted by molar-refractivity contribution is 0.287. The van der Waals surface area contributed by atoms with Gasteiger partial charge in [-0.2, -0.15) is 0 Å². The van der Waals surface area contributed by atoms with Crippen LogP contribution in [-0.4, -0.2) is 21.3 Å². The van der Waals surface area contributed by atoms with Gasteiger partial charge in [0, 0.05) is 18.7 Å². The van der Waals surface area contributed by atoms with E-state index in [9.17, 15) is 0 Å². The van der Waals surface area contributed by atoms with Gasteiger partial charge in [-0.05, 0) is 43.2 Å². The molecule has 0 bridgehead atoms. The predicted molar refractivity (Wildman–Crippen MR) is 81.2 cm³/mol. The highest BCUT2D eigenvalue weighted by atomic mass is 16.2. The third-order valence-corrected chi connectivity index (χ3v) is 3.45. The molecular formula is C17H18N2O. The van der Waals surface area contributed by atoms with Gasteiger partial charge in [-0.1, -0.05) is 24.3 Å². The third kappa shape index (κ3) is 2.32. The summed E-state index contributed by atoms with van der Waals surface area (Å²) in [6.45, 7) is 2.28. The summed E-state index contributed by atoms with van der Waals surface area (Å²) < 4.78 is 2.19. The van der Waals surface area contributed by atoms with E-state index in [2.05, 4.69) is 41.8 Å². The number of aryl methyl sites for hydroxylation is 2. The van der Waals surface area contributed by atoms with Crippen LogP contribution in [0.2, 0.25) is 0 Å². The molecule has 0 aliphatic heterocycles. The second-order valence-corrected chi connectivity index (χ2v) is 5.02. The minimum atomic E-state index is 0.191. The van der Waals surface area contributed by atoms with E-state index in [0.29, 0.717) is 0 Å². The van der Waals surface area contributed by atoms with Gasteiger partial charge in [0.1, 0.15) is 5.82 Å². The van der Waals surface area contributed by atoms with Gasteiger partial charge in [-0.15, -0.1) is 0 Å². The fourth-order valence-electron chi connectivity index (χ4n) is 2.54. The molecule has 3 aromatic rings. The van der Waals surface area contributed by atoms with Crippen molar-refractivity contribution in [2.24, 2.45) is 0 Å². The second kappa shape index (κ2) is 5.47. The molecule has 20 heavy (non-hydrogen) atoms. The molecule has 0 aliphatic carbocycles. The fraction of sp³-hybridized carbons (Fsp3) is 0.235. The zero-order valence-corrected chi connectivity index (χ0v) is 11.6. The number of rotatable bonds is 4. The number of hydrogen-bond donors (Lipinski definition) is 1. The minimum Gasteiger partial charge on any atom is -0.396 e. The van der Waals surface area contributed by atoms with Crippen LogP contribution >= 0.6 is 0 Å². The van der Waals surface area contributed by atoms with Crippen molar-refractivity contribution in [1.82, 2.24) is 9.55 Å². The quantitative estimate of drug-likeness (QED) is 0.787. The van der Waals surface area contributed by atoms with Gasteiger partial charge in [0.05, 0.1) is 11.0 Å². The Kier molecular flexibility index (Phi) is 3.52. The molecule has 3 rings (SSSR count). The molecule has 0 amide bonds. The maximum Gasteiger partial charge on any atom is 0.114 e. The van der Waals surface area contributed by atoms with Crippen LogP contribution in [0.1, 0.15) is 17.8 Å². The molecule has 3 nitrogen and oxygen atoms in total.